The van der Waals surface area contributed by atoms with Crippen molar-refractivity contribution >= 4 is 17.5 Å². The third-order valence-corrected chi connectivity index (χ3v) is 4.17. The molecule has 1 aliphatic carbocycles. The third-order valence-electron chi connectivity index (χ3n) is 4.17. The fraction of sp³-hybridized carbons (Fsp3) is 0.625. The average Bonchev–Trinajstić information content (AvgIpc) is 2.72. The number of hydrogen-bond acceptors (Lipinski definition) is 4. The van der Waals surface area contributed by atoms with Crippen molar-refractivity contribution in [2.75, 3.05) is 30.9 Å². The molecule has 0 aromatic carbocycles. The first-order valence-electron chi connectivity index (χ1n) is 7.92. The number of nitrogens with one attached hydrogen (secondary N) is 2. The molecule has 1 aliphatic rings. The van der Waals surface area contributed by atoms with E-state index in [1.807, 2.05) is 31.1 Å². The molecule has 0 saturated heterocycles. The first-order valence-corrected chi connectivity index (χ1v) is 7.92. The first kappa shape index (κ1) is 16.5. The van der Waals surface area contributed by atoms with Gasteiger partial charge in [0.1, 0.15) is 5.82 Å². The van der Waals surface area contributed by atoms with E-state index < -0.39 is 0 Å². The number of carbonyl (C=O) groups excluding carboxylic acids is 1. The van der Waals surface area contributed by atoms with Gasteiger partial charge in [-0.05, 0) is 25.0 Å². The lowest BCUT2D eigenvalue weighted by molar-refractivity contribution is 0.182. The Labute approximate surface area is 131 Å². The van der Waals surface area contributed by atoms with Crippen LogP contribution in [0.2, 0.25) is 0 Å². The molecule has 0 radical (unpaired) electrons. The van der Waals surface area contributed by atoms with E-state index in [4.69, 9.17) is 0 Å². The quantitative estimate of drug-likeness (QED) is 0.745. The molecule has 2 unspecified atom stereocenters. The van der Waals surface area contributed by atoms with Gasteiger partial charge < -0.3 is 20.6 Å². The van der Waals surface area contributed by atoms with Crippen molar-refractivity contribution in [1.29, 1.82) is 0 Å². The van der Waals surface area contributed by atoms with Crippen LogP contribution in [0.3, 0.4) is 0 Å². The van der Waals surface area contributed by atoms with E-state index in [-0.39, 0.29) is 24.6 Å². The Hall–Kier alpha value is -1.82. The number of amides is 2. The van der Waals surface area contributed by atoms with Gasteiger partial charge in [0.2, 0.25) is 0 Å². The van der Waals surface area contributed by atoms with Gasteiger partial charge in [0.25, 0.3) is 0 Å². The molecule has 3 N–H and O–H groups in total. The van der Waals surface area contributed by atoms with Crippen molar-refractivity contribution in [3.63, 3.8) is 0 Å². The smallest absolute Gasteiger partial charge is 0.319 e. The molecule has 0 spiro atoms. The van der Waals surface area contributed by atoms with Crippen LogP contribution in [0.15, 0.2) is 18.3 Å². The Bertz CT molecular complexity index is 476. The zero-order valence-corrected chi connectivity index (χ0v) is 13.4. The molecule has 1 fully saturated rings. The minimum absolute atomic E-state index is 0.0431. The molecule has 1 aromatic heterocycles. The second-order valence-electron chi connectivity index (χ2n) is 6.09. The summed E-state index contributed by atoms with van der Waals surface area (Å²) >= 11 is 0. The van der Waals surface area contributed by atoms with Gasteiger partial charge in [0, 0.05) is 32.7 Å². The summed E-state index contributed by atoms with van der Waals surface area (Å²) in [5, 5.41) is 15.3. The van der Waals surface area contributed by atoms with Gasteiger partial charge in [-0.1, -0.05) is 19.3 Å². The van der Waals surface area contributed by atoms with Crippen LogP contribution < -0.4 is 15.5 Å². The summed E-state index contributed by atoms with van der Waals surface area (Å²) in [6.45, 7) is 0.129. The maximum atomic E-state index is 12.1. The summed E-state index contributed by atoms with van der Waals surface area (Å²) in [6.07, 6.45) is 6.94. The van der Waals surface area contributed by atoms with Crippen LogP contribution in [0.4, 0.5) is 16.3 Å². The van der Waals surface area contributed by atoms with E-state index in [1.54, 1.807) is 6.20 Å². The Kier molecular flexibility index (Phi) is 6.00. The highest BCUT2D eigenvalue weighted by molar-refractivity contribution is 5.89. The minimum atomic E-state index is -0.232. The van der Waals surface area contributed by atoms with Crippen LogP contribution in [0.5, 0.6) is 0 Å². The van der Waals surface area contributed by atoms with E-state index in [0.29, 0.717) is 5.69 Å². The van der Waals surface area contributed by atoms with E-state index in [9.17, 15) is 9.90 Å². The number of hydrogen-bond donors (Lipinski definition) is 3. The van der Waals surface area contributed by atoms with Gasteiger partial charge in [0.15, 0.2) is 0 Å². The summed E-state index contributed by atoms with van der Waals surface area (Å²) in [6, 6.07) is 3.50. The molecule has 2 amide bonds. The van der Waals surface area contributed by atoms with E-state index in [2.05, 4.69) is 15.6 Å². The molecule has 0 bridgehead atoms. The van der Waals surface area contributed by atoms with Crippen molar-refractivity contribution < 1.29 is 9.90 Å². The predicted molar refractivity (Wildman–Crippen MR) is 88.2 cm³/mol. The fourth-order valence-corrected chi connectivity index (χ4v) is 2.85. The Balaban J connectivity index is 1.91. The van der Waals surface area contributed by atoms with Gasteiger partial charge in [-0.2, -0.15) is 0 Å². The van der Waals surface area contributed by atoms with Crippen LogP contribution in [0, 0.1) is 5.92 Å². The highest BCUT2D eigenvalue weighted by atomic mass is 16.3. The normalized spacial score (nSPS) is 21.8. The maximum absolute atomic E-state index is 12.1. The van der Waals surface area contributed by atoms with Crippen molar-refractivity contribution in [3.8, 4) is 0 Å². The van der Waals surface area contributed by atoms with Crippen LogP contribution in [0.25, 0.3) is 0 Å². The largest absolute Gasteiger partial charge is 0.396 e. The highest BCUT2D eigenvalue weighted by Crippen LogP contribution is 2.23. The zero-order valence-electron chi connectivity index (χ0n) is 13.4. The number of pyridine rings is 1. The molecule has 6 heteroatoms. The Morgan fingerprint density at radius 3 is 2.73 bits per heavy atom. The van der Waals surface area contributed by atoms with Gasteiger partial charge >= 0.3 is 6.03 Å². The van der Waals surface area contributed by atoms with Crippen molar-refractivity contribution in [3.05, 3.63) is 18.3 Å². The summed E-state index contributed by atoms with van der Waals surface area (Å²) in [5.74, 6) is 0.998. The summed E-state index contributed by atoms with van der Waals surface area (Å²) in [4.78, 5) is 18.3. The predicted octanol–water partition coefficient (Wildman–Crippen LogP) is 2.21. The van der Waals surface area contributed by atoms with Gasteiger partial charge in [-0.25, -0.2) is 9.78 Å². The van der Waals surface area contributed by atoms with Crippen LogP contribution in [-0.4, -0.2) is 42.9 Å². The number of carbonyl (C=O) groups is 1. The molecule has 2 atom stereocenters. The molecule has 22 heavy (non-hydrogen) atoms. The van der Waals surface area contributed by atoms with Gasteiger partial charge in [0.05, 0.1) is 11.9 Å². The number of aliphatic hydroxyl groups is 1. The van der Waals surface area contributed by atoms with Crippen LogP contribution >= 0.6 is 0 Å². The maximum Gasteiger partial charge on any atom is 0.319 e. The van der Waals surface area contributed by atoms with E-state index >= 15 is 0 Å². The molecule has 0 aliphatic heterocycles. The minimum Gasteiger partial charge on any atom is -0.396 e. The molecule has 2 rings (SSSR count). The van der Waals surface area contributed by atoms with Crippen molar-refractivity contribution in [2.45, 2.75) is 38.1 Å². The summed E-state index contributed by atoms with van der Waals surface area (Å²) in [7, 11) is 3.84. The average molecular weight is 306 g/mol. The lowest BCUT2D eigenvalue weighted by Crippen LogP contribution is -2.43. The lowest BCUT2D eigenvalue weighted by atomic mass is 9.96. The number of urea groups is 1. The van der Waals surface area contributed by atoms with Crippen molar-refractivity contribution in [2.24, 2.45) is 5.92 Å². The molecule has 122 valence electrons. The lowest BCUT2D eigenvalue weighted by Gasteiger charge is -2.24. The Morgan fingerprint density at radius 2 is 2.09 bits per heavy atom. The van der Waals surface area contributed by atoms with Gasteiger partial charge in [-0.3, -0.25) is 0 Å². The van der Waals surface area contributed by atoms with Crippen LogP contribution in [0.1, 0.15) is 32.1 Å². The molecular weight excluding hydrogens is 280 g/mol. The molecule has 1 aromatic rings. The molecule has 6 nitrogen and oxygen atoms in total. The number of nitrogens with zero attached hydrogens (tertiary/aromatic N) is 2. The van der Waals surface area contributed by atoms with Crippen molar-refractivity contribution in [1.82, 2.24) is 10.3 Å². The molecular formula is C16H26N4O2. The summed E-state index contributed by atoms with van der Waals surface area (Å²) < 4.78 is 0. The number of aromatic nitrogens is 1. The topological polar surface area (TPSA) is 77.5 Å². The van der Waals surface area contributed by atoms with Gasteiger partial charge in [-0.15, -0.1) is 0 Å². The third kappa shape index (κ3) is 4.59. The molecule has 1 saturated carbocycles. The van der Waals surface area contributed by atoms with E-state index in [0.717, 1.165) is 31.5 Å². The number of rotatable bonds is 4. The second-order valence-corrected chi connectivity index (χ2v) is 6.09. The Morgan fingerprint density at radius 1 is 1.32 bits per heavy atom. The van der Waals surface area contributed by atoms with Crippen LogP contribution in [-0.2, 0) is 0 Å². The SMILES string of the molecule is CN(C)c1ccc(NC(=O)NC2CCCCCC2CO)cn1. The zero-order chi connectivity index (χ0) is 15.9. The monoisotopic (exact) mass is 306 g/mol. The second kappa shape index (κ2) is 7.98. The number of anilines is 2. The summed E-state index contributed by atoms with van der Waals surface area (Å²) in [5.41, 5.74) is 0.664. The standard InChI is InChI=1S/C16H26N4O2/c1-20(2)15-9-8-13(10-17-15)18-16(22)19-14-7-5-3-4-6-12(14)11-21/h8-10,12,14,21H,3-7,11H2,1-2H3,(H2,18,19,22). The molecule has 1 heterocycles. The highest BCUT2D eigenvalue weighted by Gasteiger charge is 2.24. The number of aliphatic hydroxyl groups excluding tert-OH is 1. The first-order chi connectivity index (χ1) is 10.6. The van der Waals surface area contributed by atoms with E-state index in [1.165, 1.54) is 6.42 Å². The fourth-order valence-electron chi connectivity index (χ4n) is 2.85.